The minimum atomic E-state index is -0.664. The fourth-order valence-corrected chi connectivity index (χ4v) is 1.65. The number of hydrogen-bond donors (Lipinski definition) is 2. The molecule has 2 N–H and O–H groups in total. The lowest BCUT2D eigenvalue weighted by Crippen LogP contribution is -2.49. The molecule has 0 aliphatic heterocycles. The molecule has 0 bridgehead atoms. The van der Waals surface area contributed by atoms with Crippen molar-refractivity contribution < 1.29 is 14.4 Å². The van der Waals surface area contributed by atoms with Crippen LogP contribution in [-0.2, 0) is 9.63 Å². The van der Waals surface area contributed by atoms with Crippen molar-refractivity contribution >= 4 is 23.4 Å². The van der Waals surface area contributed by atoms with Crippen molar-refractivity contribution in [2.75, 3.05) is 7.11 Å². The average Bonchev–Trinajstić information content (AvgIpc) is 2.36. The molecule has 2 amide bonds. The summed E-state index contributed by atoms with van der Waals surface area (Å²) in [6.07, 6.45) is 0. The molecule has 104 valence electrons. The molecule has 1 aromatic carbocycles. The summed E-state index contributed by atoms with van der Waals surface area (Å²) in [4.78, 5) is 28.3. The quantitative estimate of drug-likeness (QED) is 0.810. The van der Waals surface area contributed by atoms with E-state index in [-0.39, 0.29) is 17.7 Å². The molecule has 0 aromatic heterocycles. The maximum Gasteiger partial charge on any atom is 0.266 e. The van der Waals surface area contributed by atoms with Crippen LogP contribution in [0.4, 0.5) is 0 Å². The third kappa shape index (κ3) is 4.54. The fourth-order valence-electron chi connectivity index (χ4n) is 1.52. The molecule has 19 heavy (non-hydrogen) atoms. The summed E-state index contributed by atoms with van der Waals surface area (Å²) in [5, 5.41) is 3.21. The van der Waals surface area contributed by atoms with E-state index >= 15 is 0 Å². The standard InChI is InChI=1S/C13H17ClN2O3/c1-8(2)11(13(18)16-19-3)15-12(17)9-4-6-10(14)7-5-9/h4-8,11H,1-3H3,(H,15,17)(H,16,18). The molecule has 1 unspecified atom stereocenters. The minimum Gasteiger partial charge on any atom is -0.340 e. The molecule has 0 heterocycles. The second-order valence-electron chi connectivity index (χ2n) is 4.37. The van der Waals surface area contributed by atoms with Gasteiger partial charge in [0.25, 0.3) is 11.8 Å². The van der Waals surface area contributed by atoms with E-state index in [0.717, 1.165) is 0 Å². The lowest BCUT2D eigenvalue weighted by molar-refractivity contribution is -0.134. The SMILES string of the molecule is CONC(=O)C(NC(=O)c1ccc(Cl)cc1)C(C)C. The van der Waals surface area contributed by atoms with Gasteiger partial charge in [-0.2, -0.15) is 0 Å². The van der Waals surface area contributed by atoms with Gasteiger partial charge < -0.3 is 5.32 Å². The van der Waals surface area contributed by atoms with Crippen LogP contribution >= 0.6 is 11.6 Å². The van der Waals surface area contributed by atoms with Crippen molar-refractivity contribution in [3.05, 3.63) is 34.9 Å². The van der Waals surface area contributed by atoms with Gasteiger partial charge in [-0.1, -0.05) is 25.4 Å². The predicted molar refractivity (Wildman–Crippen MR) is 72.7 cm³/mol. The molecule has 0 radical (unpaired) electrons. The third-order valence-corrected chi connectivity index (χ3v) is 2.80. The fraction of sp³-hybridized carbons (Fsp3) is 0.385. The zero-order valence-electron chi connectivity index (χ0n) is 11.1. The molecule has 0 saturated carbocycles. The summed E-state index contributed by atoms with van der Waals surface area (Å²) >= 11 is 5.75. The number of rotatable bonds is 5. The number of amides is 2. The molecule has 6 heteroatoms. The van der Waals surface area contributed by atoms with E-state index in [0.29, 0.717) is 10.6 Å². The Morgan fingerprint density at radius 2 is 1.79 bits per heavy atom. The number of carbonyl (C=O) groups is 2. The van der Waals surface area contributed by atoms with Crippen LogP contribution in [0.2, 0.25) is 5.02 Å². The van der Waals surface area contributed by atoms with Crippen LogP contribution in [-0.4, -0.2) is 25.0 Å². The van der Waals surface area contributed by atoms with Crippen molar-refractivity contribution in [2.45, 2.75) is 19.9 Å². The van der Waals surface area contributed by atoms with Crippen LogP contribution in [0.3, 0.4) is 0 Å². The Balaban J connectivity index is 2.76. The summed E-state index contributed by atoms with van der Waals surface area (Å²) < 4.78 is 0. The largest absolute Gasteiger partial charge is 0.340 e. The highest BCUT2D eigenvalue weighted by Gasteiger charge is 2.24. The summed E-state index contributed by atoms with van der Waals surface area (Å²) in [6.45, 7) is 3.67. The van der Waals surface area contributed by atoms with Gasteiger partial charge in [-0.05, 0) is 30.2 Å². The number of halogens is 1. The Hall–Kier alpha value is -1.59. The molecule has 1 rings (SSSR count). The van der Waals surface area contributed by atoms with E-state index in [2.05, 4.69) is 15.6 Å². The number of hydroxylamine groups is 1. The minimum absolute atomic E-state index is 0.0635. The van der Waals surface area contributed by atoms with Crippen molar-refractivity contribution in [1.29, 1.82) is 0 Å². The van der Waals surface area contributed by atoms with Crippen LogP contribution in [0.1, 0.15) is 24.2 Å². The van der Waals surface area contributed by atoms with E-state index < -0.39 is 6.04 Å². The number of hydrogen-bond acceptors (Lipinski definition) is 3. The number of benzene rings is 1. The molecule has 1 aromatic rings. The van der Waals surface area contributed by atoms with Crippen LogP contribution in [0, 0.1) is 5.92 Å². The zero-order valence-corrected chi connectivity index (χ0v) is 11.8. The first kappa shape index (κ1) is 15.5. The highest BCUT2D eigenvalue weighted by molar-refractivity contribution is 6.30. The lowest BCUT2D eigenvalue weighted by Gasteiger charge is -2.20. The molecular formula is C13H17ClN2O3. The van der Waals surface area contributed by atoms with Gasteiger partial charge >= 0.3 is 0 Å². The predicted octanol–water partition coefficient (Wildman–Crippen LogP) is 1.77. The van der Waals surface area contributed by atoms with E-state index in [1.807, 2.05) is 13.8 Å². The first-order valence-electron chi connectivity index (χ1n) is 5.85. The van der Waals surface area contributed by atoms with Crippen molar-refractivity contribution in [2.24, 2.45) is 5.92 Å². The van der Waals surface area contributed by atoms with Gasteiger partial charge in [0.05, 0.1) is 7.11 Å². The van der Waals surface area contributed by atoms with E-state index in [9.17, 15) is 9.59 Å². The molecular weight excluding hydrogens is 268 g/mol. The van der Waals surface area contributed by atoms with E-state index in [1.54, 1.807) is 24.3 Å². The van der Waals surface area contributed by atoms with Crippen LogP contribution in [0.15, 0.2) is 24.3 Å². The van der Waals surface area contributed by atoms with Gasteiger partial charge in [0.15, 0.2) is 0 Å². The first-order valence-corrected chi connectivity index (χ1v) is 6.22. The third-order valence-electron chi connectivity index (χ3n) is 2.54. The van der Waals surface area contributed by atoms with E-state index in [4.69, 9.17) is 11.6 Å². The van der Waals surface area contributed by atoms with Crippen molar-refractivity contribution in [3.8, 4) is 0 Å². The summed E-state index contributed by atoms with van der Waals surface area (Å²) in [5.41, 5.74) is 2.66. The molecule has 0 saturated heterocycles. The normalized spacial score (nSPS) is 12.1. The molecule has 0 spiro atoms. The Morgan fingerprint density at radius 1 is 1.21 bits per heavy atom. The van der Waals surface area contributed by atoms with Crippen LogP contribution < -0.4 is 10.8 Å². The second kappa shape index (κ2) is 7.11. The monoisotopic (exact) mass is 284 g/mol. The van der Waals surface area contributed by atoms with E-state index in [1.165, 1.54) is 7.11 Å². The lowest BCUT2D eigenvalue weighted by atomic mass is 10.0. The van der Waals surface area contributed by atoms with Gasteiger partial charge in [0, 0.05) is 10.6 Å². The first-order chi connectivity index (χ1) is 8.95. The van der Waals surface area contributed by atoms with Crippen LogP contribution in [0.25, 0.3) is 0 Å². The summed E-state index contributed by atoms with van der Waals surface area (Å²) in [5.74, 6) is -0.784. The van der Waals surface area contributed by atoms with Crippen molar-refractivity contribution in [3.63, 3.8) is 0 Å². The highest BCUT2D eigenvalue weighted by Crippen LogP contribution is 2.10. The van der Waals surface area contributed by atoms with Crippen LogP contribution in [0.5, 0.6) is 0 Å². The molecule has 0 aliphatic carbocycles. The van der Waals surface area contributed by atoms with Gasteiger partial charge in [0.1, 0.15) is 6.04 Å². The number of carbonyl (C=O) groups excluding carboxylic acids is 2. The molecule has 1 atom stereocenters. The second-order valence-corrected chi connectivity index (χ2v) is 4.81. The molecule has 5 nitrogen and oxygen atoms in total. The smallest absolute Gasteiger partial charge is 0.266 e. The Labute approximate surface area is 117 Å². The van der Waals surface area contributed by atoms with Crippen molar-refractivity contribution in [1.82, 2.24) is 10.8 Å². The zero-order chi connectivity index (χ0) is 14.4. The highest BCUT2D eigenvalue weighted by atomic mass is 35.5. The topological polar surface area (TPSA) is 67.4 Å². The van der Waals surface area contributed by atoms with Gasteiger partial charge in [-0.25, -0.2) is 5.48 Å². The molecule has 0 aliphatic rings. The van der Waals surface area contributed by atoms with Gasteiger partial charge in [-0.3, -0.25) is 14.4 Å². The molecule has 0 fully saturated rings. The summed E-state index contributed by atoms with van der Waals surface area (Å²) in [6, 6.07) is 5.78. The Kier molecular flexibility index (Phi) is 5.79. The maximum atomic E-state index is 12.0. The Bertz CT molecular complexity index is 446. The maximum absolute atomic E-state index is 12.0. The number of nitrogens with one attached hydrogen (secondary N) is 2. The Morgan fingerprint density at radius 3 is 2.26 bits per heavy atom. The van der Waals surface area contributed by atoms with Gasteiger partial charge in [-0.15, -0.1) is 0 Å². The van der Waals surface area contributed by atoms with Gasteiger partial charge in [0.2, 0.25) is 0 Å². The summed E-state index contributed by atoms with van der Waals surface area (Å²) in [7, 11) is 1.34. The average molecular weight is 285 g/mol.